The number of hydrogen-bond donors (Lipinski definition) is 1. The number of aromatic nitrogens is 4. The molecule has 1 aliphatic rings. The van der Waals surface area contributed by atoms with Crippen LogP contribution in [0, 0.1) is 0 Å². The third-order valence-corrected chi connectivity index (χ3v) is 12.3. The number of fused-ring (bicyclic) bond motifs is 1. The first-order valence-corrected chi connectivity index (χ1v) is 17.0. The number of aliphatic hydroxyl groups is 1. The molecule has 38 heavy (non-hydrogen) atoms. The van der Waals surface area contributed by atoms with Crippen LogP contribution in [0.25, 0.3) is 22.2 Å². The summed E-state index contributed by atoms with van der Waals surface area (Å²) in [6.07, 6.45) is 8.29. The van der Waals surface area contributed by atoms with E-state index in [0.29, 0.717) is 19.6 Å². The Morgan fingerprint density at radius 3 is 2.61 bits per heavy atom. The van der Waals surface area contributed by atoms with Gasteiger partial charge in [-0.05, 0) is 82.3 Å². The van der Waals surface area contributed by atoms with Gasteiger partial charge in [0, 0.05) is 37.0 Å². The van der Waals surface area contributed by atoms with Crippen LogP contribution in [0.2, 0.25) is 18.1 Å². The van der Waals surface area contributed by atoms with E-state index in [-0.39, 0.29) is 23.4 Å². The molecule has 2 aromatic heterocycles. The average Bonchev–Trinajstić information content (AvgIpc) is 3.48. The van der Waals surface area contributed by atoms with Crippen LogP contribution in [-0.4, -0.2) is 58.9 Å². The Hall–Kier alpha value is -2.20. The first kappa shape index (κ1) is 28.8. The summed E-state index contributed by atoms with van der Waals surface area (Å²) in [5, 5.41) is 20.3. The van der Waals surface area contributed by atoms with Gasteiger partial charge in [-0.15, -0.1) is 0 Å². The van der Waals surface area contributed by atoms with Crippen molar-refractivity contribution in [2.75, 3.05) is 19.8 Å². The fourth-order valence-electron chi connectivity index (χ4n) is 4.42. The quantitative estimate of drug-likeness (QED) is 0.214. The largest absolute Gasteiger partial charge is 0.543 e. The second-order valence-corrected chi connectivity index (χ2v) is 17.0. The van der Waals surface area contributed by atoms with Crippen molar-refractivity contribution in [2.24, 2.45) is 0 Å². The van der Waals surface area contributed by atoms with Crippen molar-refractivity contribution in [3.05, 3.63) is 30.6 Å². The van der Waals surface area contributed by atoms with Crippen molar-refractivity contribution in [3.63, 3.8) is 0 Å². The van der Waals surface area contributed by atoms with Gasteiger partial charge in [-0.2, -0.15) is 10.2 Å². The minimum absolute atomic E-state index is 0.0556. The molecule has 0 saturated carbocycles. The Labute approximate surface area is 228 Å². The molecule has 3 heterocycles. The highest BCUT2D eigenvalue weighted by molar-refractivity contribution is 6.74. The zero-order chi connectivity index (χ0) is 27.5. The van der Waals surface area contributed by atoms with Gasteiger partial charge in [0.15, 0.2) is 6.23 Å². The van der Waals surface area contributed by atoms with E-state index in [1.165, 1.54) is 0 Å². The number of benzene rings is 1. The van der Waals surface area contributed by atoms with Crippen LogP contribution in [0.4, 0.5) is 0 Å². The van der Waals surface area contributed by atoms with E-state index in [9.17, 15) is 5.11 Å². The number of rotatable bonds is 11. The molecular formula is C29H46N4O4Si. The van der Waals surface area contributed by atoms with Crippen molar-refractivity contribution < 1.29 is 19.0 Å². The van der Waals surface area contributed by atoms with Gasteiger partial charge in [-0.3, -0.25) is 4.68 Å². The van der Waals surface area contributed by atoms with E-state index in [1.54, 1.807) is 6.92 Å². The molecule has 8 nitrogen and oxygen atoms in total. The molecule has 4 rings (SSSR count). The summed E-state index contributed by atoms with van der Waals surface area (Å²) in [5.74, 6) is 0.893. The van der Waals surface area contributed by atoms with Crippen molar-refractivity contribution in [1.29, 1.82) is 0 Å². The summed E-state index contributed by atoms with van der Waals surface area (Å²) in [7, 11) is -1.99. The molecule has 3 atom stereocenters. The van der Waals surface area contributed by atoms with Crippen LogP contribution in [-0.2, 0) is 9.47 Å². The van der Waals surface area contributed by atoms with E-state index in [1.807, 2.05) is 10.9 Å². The zero-order valence-corrected chi connectivity index (χ0v) is 25.2. The van der Waals surface area contributed by atoms with Gasteiger partial charge in [0.2, 0.25) is 8.32 Å². The SMILES string of the molecule is CC(O)CCOCCC(C)n1cc(-c2nn(C3CCCCO3)c3ccc(O[Si](C)(C)C(C)(C)C)cc23)cn1. The molecular weight excluding hydrogens is 496 g/mol. The summed E-state index contributed by atoms with van der Waals surface area (Å²) < 4.78 is 22.5. The van der Waals surface area contributed by atoms with E-state index >= 15 is 0 Å². The normalized spacial score (nSPS) is 18.6. The first-order chi connectivity index (χ1) is 18.0. The smallest absolute Gasteiger partial charge is 0.250 e. The van der Waals surface area contributed by atoms with Gasteiger partial charge >= 0.3 is 0 Å². The third kappa shape index (κ3) is 6.68. The number of aliphatic hydroxyl groups excluding tert-OH is 1. The van der Waals surface area contributed by atoms with E-state index in [4.69, 9.17) is 19.0 Å². The maximum Gasteiger partial charge on any atom is 0.250 e. The summed E-state index contributed by atoms with van der Waals surface area (Å²) >= 11 is 0. The summed E-state index contributed by atoms with van der Waals surface area (Å²) in [6, 6.07) is 6.54. The Morgan fingerprint density at radius 2 is 1.92 bits per heavy atom. The summed E-state index contributed by atoms with van der Waals surface area (Å²) in [6.45, 7) is 17.2. The highest BCUT2D eigenvalue weighted by Crippen LogP contribution is 2.40. The molecule has 1 aliphatic heterocycles. The molecule has 0 spiro atoms. The molecule has 0 bridgehead atoms. The molecule has 9 heteroatoms. The lowest BCUT2D eigenvalue weighted by Crippen LogP contribution is -2.43. The Kier molecular flexibility index (Phi) is 9.02. The predicted octanol–water partition coefficient (Wildman–Crippen LogP) is 6.72. The standard InChI is InChI=1S/C29H46N4O4Si/c1-21(13-16-35-17-14-22(2)34)32-20-23(19-30-32)28-25-18-24(37-38(6,7)29(3,4)5)11-12-26(25)33(31-28)27-10-8-9-15-36-27/h11-12,18-22,27,34H,8-10,13-17H2,1-7H3. The third-order valence-electron chi connectivity index (χ3n) is 7.97. The van der Waals surface area contributed by atoms with Crippen molar-refractivity contribution >= 4 is 19.2 Å². The average molecular weight is 543 g/mol. The molecule has 1 saturated heterocycles. The number of hydrogen-bond acceptors (Lipinski definition) is 6. The number of nitrogens with zero attached hydrogens (tertiary/aromatic N) is 4. The second-order valence-electron chi connectivity index (χ2n) is 12.3. The summed E-state index contributed by atoms with van der Waals surface area (Å²) in [5.41, 5.74) is 2.94. The van der Waals surface area contributed by atoms with Crippen LogP contribution in [0.1, 0.15) is 79.0 Å². The predicted molar refractivity (Wildman–Crippen MR) is 154 cm³/mol. The van der Waals surface area contributed by atoms with Crippen LogP contribution in [0.5, 0.6) is 5.75 Å². The van der Waals surface area contributed by atoms with Gasteiger partial charge in [-0.25, -0.2) is 4.68 Å². The Balaban J connectivity index is 1.61. The van der Waals surface area contributed by atoms with Gasteiger partial charge in [0.25, 0.3) is 0 Å². The van der Waals surface area contributed by atoms with E-state index < -0.39 is 8.32 Å². The maximum absolute atomic E-state index is 9.40. The molecule has 0 radical (unpaired) electrons. The van der Waals surface area contributed by atoms with Gasteiger partial charge < -0.3 is 19.0 Å². The highest BCUT2D eigenvalue weighted by atomic mass is 28.4. The fraction of sp³-hybridized carbons (Fsp3) is 0.655. The summed E-state index contributed by atoms with van der Waals surface area (Å²) in [4.78, 5) is 0. The molecule has 210 valence electrons. The maximum atomic E-state index is 9.40. The first-order valence-electron chi connectivity index (χ1n) is 14.1. The van der Waals surface area contributed by atoms with Crippen molar-refractivity contribution in [3.8, 4) is 17.0 Å². The number of ether oxygens (including phenoxy) is 2. The highest BCUT2D eigenvalue weighted by Gasteiger charge is 2.39. The minimum atomic E-state index is -1.99. The molecule has 1 N–H and O–H groups in total. The van der Waals surface area contributed by atoms with E-state index in [0.717, 1.165) is 60.2 Å². The molecule has 3 unspecified atom stereocenters. The van der Waals surface area contributed by atoms with Crippen molar-refractivity contribution in [2.45, 2.75) is 103 Å². The Bertz CT molecular complexity index is 1190. The van der Waals surface area contributed by atoms with Crippen molar-refractivity contribution in [1.82, 2.24) is 19.6 Å². The van der Waals surface area contributed by atoms with Gasteiger partial charge in [0.1, 0.15) is 11.4 Å². The zero-order valence-electron chi connectivity index (χ0n) is 24.2. The van der Waals surface area contributed by atoms with Gasteiger partial charge in [0.05, 0.1) is 23.9 Å². The van der Waals surface area contributed by atoms with Crippen LogP contribution in [0.15, 0.2) is 30.6 Å². The lowest BCUT2D eigenvalue weighted by Gasteiger charge is -2.36. The minimum Gasteiger partial charge on any atom is -0.543 e. The topological polar surface area (TPSA) is 83.6 Å². The Morgan fingerprint density at radius 1 is 1.16 bits per heavy atom. The van der Waals surface area contributed by atoms with Crippen LogP contribution in [0.3, 0.4) is 0 Å². The van der Waals surface area contributed by atoms with Crippen LogP contribution >= 0.6 is 0 Å². The van der Waals surface area contributed by atoms with Gasteiger partial charge in [-0.1, -0.05) is 20.8 Å². The monoisotopic (exact) mass is 542 g/mol. The molecule has 1 aromatic carbocycles. The molecule has 1 fully saturated rings. The molecule has 0 amide bonds. The lowest BCUT2D eigenvalue weighted by atomic mass is 10.1. The lowest BCUT2D eigenvalue weighted by molar-refractivity contribution is -0.0365. The van der Waals surface area contributed by atoms with Crippen LogP contribution < -0.4 is 4.43 Å². The van der Waals surface area contributed by atoms with E-state index in [2.05, 4.69) is 75.0 Å². The second kappa shape index (κ2) is 11.9. The molecule has 3 aromatic rings. The molecule has 0 aliphatic carbocycles. The fourth-order valence-corrected chi connectivity index (χ4v) is 5.45.